The Labute approximate surface area is 119 Å². The maximum Gasteiger partial charge on any atom is 0.137 e. The molecule has 2 aromatic carbocycles. The van der Waals surface area contributed by atoms with Gasteiger partial charge in [0, 0.05) is 5.56 Å². The number of hydrogen-bond acceptors (Lipinski definition) is 1. The Morgan fingerprint density at radius 2 is 1.68 bits per heavy atom. The van der Waals surface area contributed by atoms with Crippen molar-refractivity contribution in [3.63, 3.8) is 0 Å². The van der Waals surface area contributed by atoms with Crippen LogP contribution in [0, 0.1) is 25.5 Å². The molecule has 2 N–H and O–H groups in total. The van der Waals surface area contributed by atoms with Crippen LogP contribution < -0.4 is 5.73 Å². The summed E-state index contributed by atoms with van der Waals surface area (Å²) >= 11 is 2.96. The van der Waals surface area contributed by atoms with Crippen LogP contribution in [0.1, 0.15) is 28.3 Å². The van der Waals surface area contributed by atoms with Gasteiger partial charge < -0.3 is 5.73 Å². The Bertz CT molecular complexity index is 626. The van der Waals surface area contributed by atoms with Gasteiger partial charge >= 0.3 is 0 Å². The summed E-state index contributed by atoms with van der Waals surface area (Å²) < 4.78 is 27.6. The van der Waals surface area contributed by atoms with Crippen LogP contribution in [0.3, 0.4) is 0 Å². The molecule has 1 unspecified atom stereocenters. The third-order valence-corrected chi connectivity index (χ3v) is 3.75. The first-order valence-electron chi connectivity index (χ1n) is 5.87. The predicted molar refractivity (Wildman–Crippen MR) is 76.0 cm³/mol. The van der Waals surface area contributed by atoms with E-state index in [1.165, 1.54) is 0 Å². The second kappa shape index (κ2) is 5.39. The summed E-state index contributed by atoms with van der Waals surface area (Å²) in [4.78, 5) is 0. The third-order valence-electron chi connectivity index (χ3n) is 3.14. The molecule has 0 fully saturated rings. The molecule has 1 atom stereocenters. The van der Waals surface area contributed by atoms with Crippen LogP contribution in [0.4, 0.5) is 8.78 Å². The van der Waals surface area contributed by atoms with E-state index in [-0.39, 0.29) is 10.0 Å². The van der Waals surface area contributed by atoms with Crippen molar-refractivity contribution in [2.75, 3.05) is 0 Å². The highest BCUT2D eigenvalue weighted by Crippen LogP contribution is 2.28. The lowest BCUT2D eigenvalue weighted by atomic mass is 9.94. The first kappa shape index (κ1) is 14.2. The van der Waals surface area contributed by atoms with Crippen LogP contribution in [-0.4, -0.2) is 0 Å². The number of aryl methyl sites for hydroxylation is 2. The highest BCUT2D eigenvalue weighted by Gasteiger charge is 2.18. The third kappa shape index (κ3) is 2.85. The van der Waals surface area contributed by atoms with E-state index in [1.807, 2.05) is 32.0 Å². The van der Waals surface area contributed by atoms with Crippen molar-refractivity contribution in [2.24, 2.45) is 5.73 Å². The molecule has 0 spiro atoms. The van der Waals surface area contributed by atoms with Gasteiger partial charge in [-0.1, -0.05) is 23.8 Å². The first-order valence-corrected chi connectivity index (χ1v) is 6.66. The van der Waals surface area contributed by atoms with E-state index in [0.717, 1.165) is 28.8 Å². The Morgan fingerprint density at radius 1 is 1.00 bits per heavy atom. The van der Waals surface area contributed by atoms with Crippen LogP contribution in [0.25, 0.3) is 0 Å². The van der Waals surface area contributed by atoms with E-state index in [4.69, 9.17) is 5.73 Å². The lowest BCUT2D eigenvalue weighted by Gasteiger charge is -2.17. The Balaban J connectivity index is 2.52. The fourth-order valence-electron chi connectivity index (χ4n) is 2.04. The largest absolute Gasteiger partial charge is 0.320 e. The fourth-order valence-corrected chi connectivity index (χ4v) is 2.35. The van der Waals surface area contributed by atoms with E-state index >= 15 is 0 Å². The number of nitrogens with two attached hydrogens (primary N) is 1. The van der Waals surface area contributed by atoms with Gasteiger partial charge in [-0.15, -0.1) is 0 Å². The Kier molecular flexibility index (Phi) is 4.02. The molecular weight excluding hydrogens is 312 g/mol. The van der Waals surface area contributed by atoms with Crippen LogP contribution in [-0.2, 0) is 0 Å². The summed E-state index contributed by atoms with van der Waals surface area (Å²) in [5.41, 5.74) is 9.05. The van der Waals surface area contributed by atoms with Crippen LogP contribution in [0.5, 0.6) is 0 Å². The van der Waals surface area contributed by atoms with Gasteiger partial charge in [0.2, 0.25) is 0 Å². The minimum Gasteiger partial charge on any atom is -0.320 e. The average Bonchev–Trinajstić information content (AvgIpc) is 2.36. The molecule has 0 aliphatic rings. The van der Waals surface area contributed by atoms with E-state index in [0.29, 0.717) is 0 Å². The molecule has 0 amide bonds. The molecule has 2 aromatic rings. The van der Waals surface area contributed by atoms with Crippen LogP contribution >= 0.6 is 15.9 Å². The van der Waals surface area contributed by atoms with Crippen molar-refractivity contribution in [3.8, 4) is 0 Å². The molecule has 0 aliphatic carbocycles. The minimum atomic E-state index is -0.678. The van der Waals surface area contributed by atoms with E-state index in [1.54, 1.807) is 0 Å². The summed E-state index contributed by atoms with van der Waals surface area (Å²) in [6.07, 6.45) is 0. The molecule has 2 rings (SSSR count). The van der Waals surface area contributed by atoms with Crippen molar-refractivity contribution in [3.05, 3.63) is 68.7 Å². The van der Waals surface area contributed by atoms with Gasteiger partial charge in [-0.25, -0.2) is 8.78 Å². The highest BCUT2D eigenvalue weighted by molar-refractivity contribution is 9.10. The quantitative estimate of drug-likeness (QED) is 0.814. The van der Waals surface area contributed by atoms with E-state index in [2.05, 4.69) is 15.9 Å². The van der Waals surface area contributed by atoms with Gasteiger partial charge in [-0.2, -0.15) is 0 Å². The summed E-state index contributed by atoms with van der Waals surface area (Å²) in [6.45, 7) is 3.84. The van der Waals surface area contributed by atoms with Gasteiger partial charge in [-0.05, 0) is 53.0 Å². The molecule has 0 heterocycles. The summed E-state index contributed by atoms with van der Waals surface area (Å²) in [5, 5.41) is 0. The van der Waals surface area contributed by atoms with Crippen molar-refractivity contribution in [2.45, 2.75) is 19.9 Å². The zero-order valence-electron chi connectivity index (χ0n) is 10.7. The number of halogens is 3. The molecule has 0 radical (unpaired) electrons. The summed E-state index contributed by atoms with van der Waals surface area (Å²) in [5.74, 6) is -1.03. The molecule has 19 heavy (non-hydrogen) atoms. The minimum absolute atomic E-state index is 0.0990. The maximum atomic E-state index is 13.9. The number of rotatable bonds is 2. The number of benzene rings is 2. The normalized spacial score (nSPS) is 12.5. The molecular formula is C15H14BrF2N. The molecule has 1 nitrogen and oxygen atoms in total. The highest BCUT2D eigenvalue weighted by atomic mass is 79.9. The van der Waals surface area contributed by atoms with Crippen LogP contribution in [0.15, 0.2) is 34.8 Å². The summed E-state index contributed by atoms with van der Waals surface area (Å²) in [6, 6.07) is 7.37. The van der Waals surface area contributed by atoms with Gasteiger partial charge in [-0.3, -0.25) is 0 Å². The topological polar surface area (TPSA) is 26.0 Å². The fraction of sp³-hybridized carbons (Fsp3) is 0.200. The first-order chi connectivity index (χ1) is 8.90. The standard InChI is InChI=1S/C15H14BrF2N/c1-8-3-4-9(2)10(5-8)15(19)11-6-14(18)12(16)7-13(11)17/h3-7,15H,19H2,1-2H3. The molecule has 4 heteroatoms. The van der Waals surface area contributed by atoms with Crippen molar-refractivity contribution in [1.29, 1.82) is 0 Å². The molecule has 0 saturated carbocycles. The van der Waals surface area contributed by atoms with Crippen molar-refractivity contribution >= 4 is 15.9 Å². The van der Waals surface area contributed by atoms with Gasteiger partial charge in [0.25, 0.3) is 0 Å². The average molecular weight is 326 g/mol. The zero-order chi connectivity index (χ0) is 14.2. The lowest BCUT2D eigenvalue weighted by molar-refractivity contribution is 0.572. The second-order valence-corrected chi connectivity index (χ2v) is 5.48. The maximum absolute atomic E-state index is 13.9. The van der Waals surface area contributed by atoms with E-state index < -0.39 is 17.7 Å². The second-order valence-electron chi connectivity index (χ2n) is 4.63. The van der Waals surface area contributed by atoms with Gasteiger partial charge in [0.15, 0.2) is 0 Å². The molecule has 0 bridgehead atoms. The van der Waals surface area contributed by atoms with Gasteiger partial charge in [0.05, 0.1) is 10.5 Å². The molecule has 0 saturated heterocycles. The Hall–Kier alpha value is -1.26. The predicted octanol–water partition coefficient (Wildman–Crippen LogP) is 4.39. The molecule has 0 aromatic heterocycles. The van der Waals surface area contributed by atoms with Crippen molar-refractivity contribution < 1.29 is 8.78 Å². The SMILES string of the molecule is Cc1ccc(C)c(C(N)c2cc(F)c(Br)cc2F)c1. The Morgan fingerprint density at radius 3 is 2.37 bits per heavy atom. The lowest BCUT2D eigenvalue weighted by Crippen LogP contribution is -2.15. The van der Waals surface area contributed by atoms with Gasteiger partial charge in [0.1, 0.15) is 11.6 Å². The smallest absolute Gasteiger partial charge is 0.137 e. The molecule has 0 aliphatic heterocycles. The monoisotopic (exact) mass is 325 g/mol. The van der Waals surface area contributed by atoms with E-state index in [9.17, 15) is 8.78 Å². The van der Waals surface area contributed by atoms with Crippen molar-refractivity contribution in [1.82, 2.24) is 0 Å². The molecule has 100 valence electrons. The van der Waals surface area contributed by atoms with Crippen LogP contribution in [0.2, 0.25) is 0 Å². The summed E-state index contributed by atoms with van der Waals surface area (Å²) in [7, 11) is 0. The zero-order valence-corrected chi connectivity index (χ0v) is 12.3. The number of hydrogen-bond donors (Lipinski definition) is 1.